The van der Waals surface area contributed by atoms with Gasteiger partial charge in [-0.15, -0.1) is 0 Å². The van der Waals surface area contributed by atoms with Gasteiger partial charge in [-0.1, -0.05) is 30.3 Å². The first-order valence-electron chi connectivity index (χ1n) is 10.0. The second kappa shape index (κ2) is 10.0. The van der Waals surface area contributed by atoms with Gasteiger partial charge in [0.05, 0.1) is 23.7 Å². The molecule has 1 heterocycles. The molecule has 166 valence electrons. The lowest BCUT2D eigenvalue weighted by atomic mass is 10.1. The Kier molecular flexibility index (Phi) is 7.42. The highest BCUT2D eigenvalue weighted by atomic mass is 32.2. The van der Waals surface area contributed by atoms with Crippen molar-refractivity contribution in [3.8, 4) is 0 Å². The summed E-state index contributed by atoms with van der Waals surface area (Å²) in [6, 6.07) is 14.0. The van der Waals surface area contributed by atoms with Gasteiger partial charge in [0, 0.05) is 24.7 Å². The van der Waals surface area contributed by atoms with Crippen LogP contribution in [0, 0.1) is 0 Å². The minimum absolute atomic E-state index is 0.0433. The van der Waals surface area contributed by atoms with E-state index in [4.69, 9.17) is 9.47 Å². The molecule has 0 spiro atoms. The number of sulfonamides is 1. The predicted octanol–water partition coefficient (Wildman–Crippen LogP) is 2.13. The van der Waals surface area contributed by atoms with E-state index in [-0.39, 0.29) is 22.4 Å². The van der Waals surface area contributed by atoms with Gasteiger partial charge in [-0.05, 0) is 38.1 Å². The van der Waals surface area contributed by atoms with Gasteiger partial charge >= 0.3 is 5.97 Å². The normalized spacial score (nSPS) is 15.5. The van der Waals surface area contributed by atoms with Gasteiger partial charge in [0.1, 0.15) is 0 Å². The van der Waals surface area contributed by atoms with Crippen LogP contribution in [0.4, 0.5) is 0 Å². The summed E-state index contributed by atoms with van der Waals surface area (Å²) in [6.07, 6.45) is -1.10. The van der Waals surface area contributed by atoms with E-state index in [1.807, 2.05) is 6.07 Å². The van der Waals surface area contributed by atoms with Gasteiger partial charge < -0.3 is 14.4 Å². The Morgan fingerprint density at radius 2 is 1.61 bits per heavy atom. The van der Waals surface area contributed by atoms with E-state index < -0.39 is 22.1 Å². The maximum Gasteiger partial charge on any atom is 0.339 e. The number of ether oxygens (including phenoxy) is 2. The van der Waals surface area contributed by atoms with Crippen molar-refractivity contribution in [2.45, 2.75) is 30.9 Å². The van der Waals surface area contributed by atoms with Crippen molar-refractivity contribution in [1.82, 2.24) is 9.62 Å². The number of hydrogen-bond donors (Lipinski definition) is 1. The summed E-state index contributed by atoms with van der Waals surface area (Å²) in [5.41, 5.74) is 0.715. The van der Waals surface area contributed by atoms with Crippen LogP contribution in [0.1, 0.15) is 35.9 Å². The molecule has 1 atom stereocenters. The summed E-state index contributed by atoms with van der Waals surface area (Å²) >= 11 is 0. The molecular formula is C22H26N2O6S. The molecule has 1 aliphatic heterocycles. The van der Waals surface area contributed by atoms with Gasteiger partial charge in [-0.2, -0.15) is 0 Å². The van der Waals surface area contributed by atoms with Crippen molar-refractivity contribution in [3.63, 3.8) is 0 Å². The van der Waals surface area contributed by atoms with Crippen LogP contribution < -0.4 is 4.72 Å². The van der Waals surface area contributed by atoms with E-state index in [9.17, 15) is 18.0 Å². The molecule has 1 saturated heterocycles. The Bertz CT molecular complexity index is 1000. The van der Waals surface area contributed by atoms with Crippen LogP contribution in [-0.2, 0) is 24.3 Å². The summed E-state index contributed by atoms with van der Waals surface area (Å²) in [5.74, 6) is -1.03. The molecule has 1 aliphatic rings. The quantitative estimate of drug-likeness (QED) is 0.654. The van der Waals surface area contributed by atoms with E-state index in [0.29, 0.717) is 31.9 Å². The summed E-state index contributed by atoms with van der Waals surface area (Å²) in [7, 11) is -3.67. The van der Waals surface area contributed by atoms with Crippen LogP contribution in [0.3, 0.4) is 0 Å². The molecule has 8 nitrogen and oxygen atoms in total. The summed E-state index contributed by atoms with van der Waals surface area (Å²) in [4.78, 5) is 27.5. The SMILES string of the molecule is CC(C)NS(=O)(=O)c1ccc(C(=O)OC(C(=O)N2CCOCC2)c2ccccc2)cc1. The Morgan fingerprint density at radius 1 is 1.00 bits per heavy atom. The van der Waals surface area contributed by atoms with Gasteiger partial charge in [-0.25, -0.2) is 17.9 Å². The third-order valence-corrected chi connectivity index (χ3v) is 6.34. The van der Waals surface area contributed by atoms with E-state index in [1.165, 1.54) is 24.3 Å². The first-order chi connectivity index (χ1) is 14.8. The highest BCUT2D eigenvalue weighted by Crippen LogP contribution is 2.23. The molecular weight excluding hydrogens is 420 g/mol. The number of carbonyl (C=O) groups excluding carboxylic acids is 2. The number of morpholine rings is 1. The van der Waals surface area contributed by atoms with E-state index in [0.717, 1.165) is 0 Å². The largest absolute Gasteiger partial charge is 0.444 e. The minimum Gasteiger partial charge on any atom is -0.444 e. The molecule has 0 aliphatic carbocycles. The van der Waals surface area contributed by atoms with Crippen LogP contribution in [0.5, 0.6) is 0 Å². The van der Waals surface area contributed by atoms with Crippen molar-refractivity contribution in [3.05, 3.63) is 65.7 Å². The third-order valence-electron chi connectivity index (χ3n) is 4.67. The number of esters is 1. The van der Waals surface area contributed by atoms with E-state index >= 15 is 0 Å². The smallest absolute Gasteiger partial charge is 0.339 e. The first kappa shape index (κ1) is 22.9. The number of benzene rings is 2. The Hall–Kier alpha value is -2.75. The first-order valence-corrected chi connectivity index (χ1v) is 11.5. The fourth-order valence-electron chi connectivity index (χ4n) is 3.16. The molecule has 31 heavy (non-hydrogen) atoms. The molecule has 3 rings (SSSR count). The molecule has 2 aromatic rings. The monoisotopic (exact) mass is 446 g/mol. The summed E-state index contributed by atoms with van der Waals surface area (Å²) in [6.45, 7) is 5.16. The van der Waals surface area contributed by atoms with Gasteiger partial charge in [0.25, 0.3) is 5.91 Å². The molecule has 1 N–H and O–H groups in total. The molecule has 1 amide bonds. The van der Waals surface area contributed by atoms with Crippen molar-refractivity contribution < 1.29 is 27.5 Å². The standard InChI is InChI=1S/C22H26N2O6S/c1-16(2)23-31(27,28)19-10-8-18(9-11-19)22(26)30-20(17-6-4-3-5-7-17)21(25)24-12-14-29-15-13-24/h3-11,16,20,23H,12-15H2,1-2H3. The molecule has 0 radical (unpaired) electrons. The number of rotatable bonds is 7. The number of hydrogen-bond acceptors (Lipinski definition) is 6. The molecule has 2 aromatic carbocycles. The fraction of sp³-hybridized carbons (Fsp3) is 0.364. The number of amides is 1. The second-order valence-corrected chi connectivity index (χ2v) is 9.15. The third kappa shape index (κ3) is 5.90. The van der Waals surface area contributed by atoms with Gasteiger partial charge in [-0.3, -0.25) is 4.79 Å². The van der Waals surface area contributed by atoms with Crippen molar-refractivity contribution in [1.29, 1.82) is 0 Å². The maximum atomic E-state index is 13.1. The fourth-order valence-corrected chi connectivity index (χ4v) is 4.41. The zero-order valence-electron chi connectivity index (χ0n) is 17.5. The van der Waals surface area contributed by atoms with E-state index in [2.05, 4.69) is 4.72 Å². The Morgan fingerprint density at radius 3 is 2.19 bits per heavy atom. The Labute approximate surface area is 182 Å². The van der Waals surface area contributed by atoms with Crippen molar-refractivity contribution >= 4 is 21.9 Å². The molecule has 0 bridgehead atoms. The Balaban J connectivity index is 1.79. The number of carbonyl (C=O) groups is 2. The van der Waals surface area contributed by atoms with Crippen LogP contribution in [0.2, 0.25) is 0 Å². The molecule has 9 heteroatoms. The zero-order valence-corrected chi connectivity index (χ0v) is 18.3. The minimum atomic E-state index is -3.67. The lowest BCUT2D eigenvalue weighted by molar-refractivity contribution is -0.145. The topological polar surface area (TPSA) is 102 Å². The second-order valence-electron chi connectivity index (χ2n) is 7.43. The molecule has 1 fully saturated rings. The van der Waals surface area contributed by atoms with Crippen LogP contribution in [0.25, 0.3) is 0 Å². The van der Waals surface area contributed by atoms with Crippen molar-refractivity contribution in [2.24, 2.45) is 0 Å². The van der Waals surface area contributed by atoms with E-state index in [1.54, 1.807) is 43.0 Å². The highest BCUT2D eigenvalue weighted by Gasteiger charge is 2.31. The predicted molar refractivity (Wildman–Crippen MR) is 114 cm³/mol. The van der Waals surface area contributed by atoms with Gasteiger partial charge in [0.2, 0.25) is 16.1 Å². The molecule has 1 unspecified atom stereocenters. The van der Waals surface area contributed by atoms with Gasteiger partial charge in [0.15, 0.2) is 0 Å². The van der Waals surface area contributed by atoms with Crippen LogP contribution in [-0.4, -0.2) is 57.5 Å². The zero-order chi connectivity index (χ0) is 22.4. The number of nitrogens with zero attached hydrogens (tertiary/aromatic N) is 1. The average Bonchev–Trinajstić information content (AvgIpc) is 2.77. The van der Waals surface area contributed by atoms with Crippen LogP contribution in [0.15, 0.2) is 59.5 Å². The lowest BCUT2D eigenvalue weighted by Crippen LogP contribution is -2.44. The lowest BCUT2D eigenvalue weighted by Gasteiger charge is -2.30. The average molecular weight is 447 g/mol. The highest BCUT2D eigenvalue weighted by molar-refractivity contribution is 7.89. The van der Waals surface area contributed by atoms with Crippen molar-refractivity contribution in [2.75, 3.05) is 26.3 Å². The number of nitrogens with one attached hydrogen (secondary N) is 1. The maximum absolute atomic E-state index is 13.1. The summed E-state index contributed by atoms with van der Waals surface area (Å²) < 4.78 is 37.9. The summed E-state index contributed by atoms with van der Waals surface area (Å²) in [5, 5.41) is 0. The van der Waals surface area contributed by atoms with Crippen LogP contribution >= 0.6 is 0 Å². The molecule has 0 aromatic heterocycles. The molecule has 0 saturated carbocycles.